The van der Waals surface area contributed by atoms with Crippen LogP contribution in [0.1, 0.15) is 65.7 Å². The van der Waals surface area contributed by atoms with E-state index in [4.69, 9.17) is 4.52 Å². The Morgan fingerprint density at radius 1 is 1.32 bits per heavy atom. The zero-order valence-electron chi connectivity index (χ0n) is 14.3. The Balaban J connectivity index is 2.43. The summed E-state index contributed by atoms with van der Waals surface area (Å²) in [7, 11) is 0. The molecule has 7 nitrogen and oxygen atoms in total. The highest BCUT2D eigenvalue weighted by Gasteiger charge is 2.23. The highest BCUT2D eigenvalue weighted by atomic mass is 16.5. The second-order valence-electron chi connectivity index (χ2n) is 6.93. The summed E-state index contributed by atoms with van der Waals surface area (Å²) in [5, 5.41) is 19.0. The number of amides is 2. The van der Waals surface area contributed by atoms with Crippen molar-refractivity contribution in [3.8, 4) is 0 Å². The molecule has 7 heteroatoms. The Kier molecular flexibility index (Phi) is 6.34. The van der Waals surface area contributed by atoms with Crippen LogP contribution in [-0.2, 0) is 5.41 Å². The minimum absolute atomic E-state index is 0.179. The van der Waals surface area contributed by atoms with Gasteiger partial charge in [-0.05, 0) is 19.3 Å². The summed E-state index contributed by atoms with van der Waals surface area (Å²) >= 11 is 0. The summed E-state index contributed by atoms with van der Waals surface area (Å²) in [5.41, 5.74) is -0.198. The van der Waals surface area contributed by atoms with Crippen molar-refractivity contribution >= 4 is 6.03 Å². The van der Waals surface area contributed by atoms with E-state index in [2.05, 4.69) is 20.8 Å². The van der Waals surface area contributed by atoms with Crippen molar-refractivity contribution in [2.75, 3.05) is 6.54 Å². The van der Waals surface area contributed by atoms with Gasteiger partial charge in [0.1, 0.15) is 6.04 Å². The van der Waals surface area contributed by atoms with E-state index in [1.165, 1.54) is 0 Å². The van der Waals surface area contributed by atoms with Gasteiger partial charge >= 0.3 is 6.03 Å². The topological polar surface area (TPSA) is 100 Å². The lowest BCUT2D eigenvalue weighted by Gasteiger charge is -2.15. The predicted molar refractivity (Wildman–Crippen MR) is 83.4 cm³/mol. The molecule has 0 saturated heterocycles. The summed E-state index contributed by atoms with van der Waals surface area (Å²) in [4.78, 5) is 16.1. The fourth-order valence-electron chi connectivity index (χ4n) is 1.69. The van der Waals surface area contributed by atoms with Gasteiger partial charge in [-0.25, -0.2) is 4.79 Å². The van der Waals surface area contributed by atoms with E-state index in [1.54, 1.807) is 6.92 Å². The normalized spacial score (nSPS) is 14.7. The highest BCUT2D eigenvalue weighted by molar-refractivity contribution is 5.74. The number of urea groups is 1. The number of carbonyl (C=O) groups is 1. The summed E-state index contributed by atoms with van der Waals surface area (Å²) in [5.74, 6) is 1.16. The molecular weight excluding hydrogens is 284 g/mol. The first-order valence-electron chi connectivity index (χ1n) is 7.67. The molecule has 0 aliphatic rings. The average Bonchev–Trinajstić information content (AvgIpc) is 2.87. The Hall–Kier alpha value is -1.63. The van der Waals surface area contributed by atoms with Crippen LogP contribution in [0.4, 0.5) is 4.79 Å². The van der Waals surface area contributed by atoms with E-state index >= 15 is 0 Å². The lowest BCUT2D eigenvalue weighted by molar-refractivity contribution is 0.116. The molecule has 2 atom stereocenters. The molecule has 0 aliphatic carbocycles. The van der Waals surface area contributed by atoms with Crippen LogP contribution in [0.15, 0.2) is 4.52 Å². The first-order chi connectivity index (χ1) is 10.1. The molecule has 1 heterocycles. The highest BCUT2D eigenvalue weighted by Crippen LogP contribution is 2.20. The first kappa shape index (κ1) is 18.4. The Morgan fingerprint density at radius 2 is 1.95 bits per heavy atom. The lowest BCUT2D eigenvalue weighted by Crippen LogP contribution is -2.38. The van der Waals surface area contributed by atoms with Crippen molar-refractivity contribution in [2.45, 2.75) is 65.5 Å². The minimum atomic E-state index is -0.414. The molecule has 0 aliphatic heterocycles. The maximum Gasteiger partial charge on any atom is 0.315 e. The summed E-state index contributed by atoms with van der Waals surface area (Å²) in [6.07, 6.45) is 0.108. The molecule has 1 aromatic rings. The van der Waals surface area contributed by atoms with Gasteiger partial charge < -0.3 is 20.3 Å². The number of carbonyl (C=O) groups excluding carboxylic acids is 1. The maximum atomic E-state index is 11.8. The zero-order valence-corrected chi connectivity index (χ0v) is 14.3. The van der Waals surface area contributed by atoms with E-state index in [-0.39, 0.29) is 23.4 Å². The third-order valence-corrected chi connectivity index (χ3v) is 3.33. The number of rotatable bonds is 6. The van der Waals surface area contributed by atoms with Crippen LogP contribution in [-0.4, -0.2) is 33.9 Å². The molecule has 0 radical (unpaired) electrons. The summed E-state index contributed by atoms with van der Waals surface area (Å²) in [6.45, 7) is 12.0. The molecule has 0 fully saturated rings. The van der Waals surface area contributed by atoms with Crippen LogP contribution in [0.5, 0.6) is 0 Å². The van der Waals surface area contributed by atoms with Crippen LogP contribution in [0.3, 0.4) is 0 Å². The Bertz CT molecular complexity index is 479. The Morgan fingerprint density at radius 3 is 2.45 bits per heavy atom. The van der Waals surface area contributed by atoms with Crippen LogP contribution < -0.4 is 10.6 Å². The van der Waals surface area contributed by atoms with Crippen LogP contribution in [0.2, 0.25) is 0 Å². The largest absolute Gasteiger partial charge is 0.393 e. The molecule has 22 heavy (non-hydrogen) atoms. The minimum Gasteiger partial charge on any atom is -0.393 e. The van der Waals surface area contributed by atoms with Crippen molar-refractivity contribution in [1.29, 1.82) is 0 Å². The standard InChI is InChI=1S/C15H28N4O3/c1-9(2)11(20)7-8-16-14(21)17-10(3)12-18-13(19-22-12)15(4,5)6/h9-11,20H,7-8H2,1-6H3,(H2,16,17,21). The van der Waals surface area contributed by atoms with E-state index in [1.807, 2.05) is 34.6 Å². The first-order valence-corrected chi connectivity index (χ1v) is 7.67. The average molecular weight is 312 g/mol. The summed E-state index contributed by atoms with van der Waals surface area (Å²) in [6, 6.07) is -0.697. The van der Waals surface area contributed by atoms with Crippen molar-refractivity contribution in [3.63, 3.8) is 0 Å². The number of nitrogens with one attached hydrogen (secondary N) is 2. The fraction of sp³-hybridized carbons (Fsp3) is 0.800. The lowest BCUT2D eigenvalue weighted by atomic mass is 9.96. The molecule has 126 valence electrons. The van der Waals surface area contributed by atoms with Gasteiger partial charge in [-0.15, -0.1) is 0 Å². The SMILES string of the molecule is CC(NC(=O)NCCC(O)C(C)C)c1nc(C(C)(C)C)no1. The van der Waals surface area contributed by atoms with Crippen molar-refractivity contribution in [2.24, 2.45) is 5.92 Å². The van der Waals surface area contributed by atoms with Gasteiger partial charge in [0.2, 0.25) is 5.89 Å². The van der Waals surface area contributed by atoms with Crippen molar-refractivity contribution in [1.82, 2.24) is 20.8 Å². The molecule has 2 unspecified atom stereocenters. The monoisotopic (exact) mass is 312 g/mol. The van der Waals surface area contributed by atoms with E-state index in [9.17, 15) is 9.90 Å². The van der Waals surface area contributed by atoms with E-state index < -0.39 is 6.10 Å². The predicted octanol–water partition coefficient (Wildman–Crippen LogP) is 2.13. The van der Waals surface area contributed by atoms with Crippen molar-refractivity contribution < 1.29 is 14.4 Å². The number of hydrogen-bond acceptors (Lipinski definition) is 5. The van der Waals surface area contributed by atoms with Gasteiger partial charge in [-0.1, -0.05) is 39.8 Å². The van der Waals surface area contributed by atoms with Gasteiger partial charge in [0.05, 0.1) is 6.10 Å². The Labute approximate surface area is 131 Å². The number of aliphatic hydroxyl groups excluding tert-OH is 1. The van der Waals surface area contributed by atoms with E-state index in [0.29, 0.717) is 24.7 Å². The molecule has 0 bridgehead atoms. The van der Waals surface area contributed by atoms with Gasteiger partial charge in [0, 0.05) is 12.0 Å². The van der Waals surface area contributed by atoms with Gasteiger partial charge in [0.15, 0.2) is 5.82 Å². The number of aromatic nitrogens is 2. The molecule has 0 saturated carbocycles. The summed E-state index contributed by atoms with van der Waals surface area (Å²) < 4.78 is 5.18. The fourth-order valence-corrected chi connectivity index (χ4v) is 1.69. The number of nitrogens with zero attached hydrogens (tertiary/aromatic N) is 2. The zero-order chi connectivity index (χ0) is 16.9. The number of aliphatic hydroxyl groups is 1. The molecule has 0 aromatic carbocycles. The van der Waals surface area contributed by atoms with Crippen LogP contribution in [0, 0.1) is 5.92 Å². The van der Waals surface area contributed by atoms with Gasteiger partial charge in [-0.2, -0.15) is 4.98 Å². The smallest absolute Gasteiger partial charge is 0.315 e. The third-order valence-electron chi connectivity index (χ3n) is 3.33. The third kappa shape index (κ3) is 5.63. The van der Waals surface area contributed by atoms with Crippen molar-refractivity contribution in [3.05, 3.63) is 11.7 Å². The number of hydrogen-bond donors (Lipinski definition) is 3. The van der Waals surface area contributed by atoms with Crippen LogP contribution in [0.25, 0.3) is 0 Å². The second kappa shape index (κ2) is 7.58. The quantitative estimate of drug-likeness (QED) is 0.747. The van der Waals surface area contributed by atoms with Gasteiger partial charge in [-0.3, -0.25) is 0 Å². The maximum absolute atomic E-state index is 11.8. The molecular formula is C15H28N4O3. The van der Waals surface area contributed by atoms with E-state index in [0.717, 1.165) is 0 Å². The molecule has 3 N–H and O–H groups in total. The molecule has 1 aromatic heterocycles. The molecule has 0 spiro atoms. The van der Waals surface area contributed by atoms with Gasteiger partial charge in [0.25, 0.3) is 0 Å². The second-order valence-corrected chi connectivity index (χ2v) is 6.93. The molecule has 2 amide bonds. The van der Waals surface area contributed by atoms with Crippen LogP contribution >= 0.6 is 0 Å². The molecule has 1 rings (SSSR count).